The molecule has 1 aromatic rings. The van der Waals surface area contributed by atoms with Gasteiger partial charge in [-0.05, 0) is 49.0 Å². The van der Waals surface area contributed by atoms with E-state index < -0.39 is 54.3 Å². The topological polar surface area (TPSA) is 214 Å². The molecule has 3 unspecified atom stereocenters. The third-order valence-electron chi connectivity index (χ3n) is 4.71. The van der Waals surface area contributed by atoms with Gasteiger partial charge in [0.25, 0.3) is 0 Å². The molecule has 4 amide bonds. The Bertz CT molecular complexity index is 866. The monoisotopic (exact) mass is 497 g/mol. The van der Waals surface area contributed by atoms with Gasteiger partial charge in [-0.2, -0.15) is 11.8 Å². The second-order valence-electron chi connectivity index (χ2n) is 7.50. The van der Waals surface area contributed by atoms with E-state index in [0.29, 0.717) is 11.3 Å². The van der Waals surface area contributed by atoms with Gasteiger partial charge in [-0.25, -0.2) is 4.79 Å². The molecule has 1 rings (SSSR count). The van der Waals surface area contributed by atoms with Gasteiger partial charge in [0, 0.05) is 6.42 Å². The van der Waals surface area contributed by atoms with E-state index in [1.807, 2.05) is 0 Å². The molecule has 0 bridgehead atoms. The van der Waals surface area contributed by atoms with Crippen LogP contribution in [0.25, 0.3) is 0 Å². The minimum Gasteiger partial charge on any atom is -0.508 e. The van der Waals surface area contributed by atoms with Crippen molar-refractivity contribution in [2.24, 2.45) is 11.5 Å². The first kappa shape index (κ1) is 28.7. The zero-order valence-corrected chi connectivity index (χ0v) is 19.6. The summed E-state index contributed by atoms with van der Waals surface area (Å²) in [6, 6.07) is 2.80. The number of nitrogens with two attached hydrogens (primary N) is 2. The first-order chi connectivity index (χ1) is 16.0. The van der Waals surface area contributed by atoms with Gasteiger partial charge in [0.05, 0.1) is 12.6 Å². The Balaban J connectivity index is 2.66. The fourth-order valence-electron chi connectivity index (χ4n) is 2.84. The Labute approximate surface area is 201 Å². The number of carbonyl (C=O) groups excluding carboxylic acids is 4. The van der Waals surface area contributed by atoms with Crippen LogP contribution in [0.5, 0.6) is 5.75 Å². The number of phenols is 1. The second-order valence-corrected chi connectivity index (χ2v) is 8.49. The molecule has 0 saturated carbocycles. The van der Waals surface area contributed by atoms with E-state index >= 15 is 0 Å². The number of benzene rings is 1. The van der Waals surface area contributed by atoms with Gasteiger partial charge in [-0.1, -0.05) is 12.1 Å². The quantitative estimate of drug-likeness (QED) is 0.149. The number of phenolic OH excluding ortho intramolecular Hbond substituents is 1. The van der Waals surface area contributed by atoms with Crippen molar-refractivity contribution in [1.82, 2.24) is 16.0 Å². The van der Waals surface area contributed by atoms with Crippen LogP contribution in [0.3, 0.4) is 0 Å². The summed E-state index contributed by atoms with van der Waals surface area (Å²) in [4.78, 5) is 59.6. The van der Waals surface area contributed by atoms with Gasteiger partial charge in [0.2, 0.25) is 23.6 Å². The summed E-state index contributed by atoms with van der Waals surface area (Å²) in [6.45, 7) is -0.489. The zero-order chi connectivity index (χ0) is 25.7. The number of hydrogen-bond donors (Lipinski definition) is 7. The third-order valence-corrected chi connectivity index (χ3v) is 5.35. The molecule has 34 heavy (non-hydrogen) atoms. The number of primary amides is 1. The highest BCUT2D eigenvalue weighted by Crippen LogP contribution is 2.11. The van der Waals surface area contributed by atoms with Crippen LogP contribution >= 0.6 is 11.8 Å². The largest absolute Gasteiger partial charge is 0.508 e. The van der Waals surface area contributed by atoms with Crippen LogP contribution in [0.4, 0.5) is 0 Å². The maximum atomic E-state index is 12.6. The smallest absolute Gasteiger partial charge is 0.326 e. The van der Waals surface area contributed by atoms with Crippen LogP contribution in [0.2, 0.25) is 0 Å². The van der Waals surface area contributed by atoms with Crippen molar-refractivity contribution in [2.75, 3.05) is 18.6 Å². The lowest BCUT2D eigenvalue weighted by Gasteiger charge is -2.21. The van der Waals surface area contributed by atoms with E-state index in [1.54, 1.807) is 18.4 Å². The molecule has 0 aliphatic rings. The summed E-state index contributed by atoms with van der Waals surface area (Å²) in [5.74, 6) is -3.47. The normalized spacial score (nSPS) is 13.2. The highest BCUT2D eigenvalue weighted by molar-refractivity contribution is 7.98. The molecule has 0 fully saturated rings. The molecule has 188 valence electrons. The van der Waals surface area contributed by atoms with E-state index in [1.165, 1.54) is 23.9 Å². The summed E-state index contributed by atoms with van der Waals surface area (Å²) in [7, 11) is 0. The third kappa shape index (κ3) is 11.0. The lowest BCUT2D eigenvalue weighted by molar-refractivity contribution is -0.142. The number of aliphatic carboxylic acids is 1. The molecule has 9 N–H and O–H groups in total. The molecule has 0 aliphatic heterocycles. The van der Waals surface area contributed by atoms with Gasteiger partial charge in [-0.15, -0.1) is 0 Å². The van der Waals surface area contributed by atoms with Crippen LogP contribution in [0, 0.1) is 0 Å². The average Bonchev–Trinajstić information content (AvgIpc) is 2.78. The fraction of sp³-hybridized carbons (Fsp3) is 0.476. The minimum atomic E-state index is -1.22. The van der Waals surface area contributed by atoms with Gasteiger partial charge >= 0.3 is 5.97 Å². The summed E-state index contributed by atoms with van der Waals surface area (Å²) in [5, 5.41) is 25.7. The number of carbonyl (C=O) groups is 5. The number of nitrogens with one attached hydrogen (secondary N) is 3. The standard InChI is InChI=1S/C21H31N5O7S/c1-34-9-8-16(21(32)33)26-20(31)15(6-7-17(23)28)25-18(29)11-24-19(30)14(22)10-12-2-4-13(27)5-3-12/h2-5,14-16,27H,6-11,22H2,1H3,(H2,23,28)(H,24,30)(H,25,29)(H,26,31)(H,32,33). The highest BCUT2D eigenvalue weighted by atomic mass is 32.2. The molecule has 3 atom stereocenters. The molecular formula is C21H31N5O7S. The van der Waals surface area contributed by atoms with Crippen LogP contribution < -0.4 is 27.4 Å². The summed E-state index contributed by atoms with van der Waals surface area (Å²) in [5.41, 5.74) is 11.7. The zero-order valence-electron chi connectivity index (χ0n) is 18.8. The van der Waals surface area contributed by atoms with E-state index in [-0.39, 0.29) is 31.4 Å². The Morgan fingerprint density at radius 3 is 2.21 bits per heavy atom. The van der Waals surface area contributed by atoms with Crippen LogP contribution in [0.1, 0.15) is 24.8 Å². The molecule has 0 radical (unpaired) electrons. The number of amides is 4. The number of carboxylic acid groups (broad SMARTS) is 1. The average molecular weight is 498 g/mol. The van der Waals surface area contributed by atoms with Crippen LogP contribution in [-0.4, -0.2) is 76.5 Å². The van der Waals surface area contributed by atoms with Crippen molar-refractivity contribution >= 4 is 41.4 Å². The SMILES string of the molecule is CSCCC(NC(=O)C(CCC(N)=O)NC(=O)CNC(=O)C(N)Cc1ccc(O)cc1)C(=O)O. The van der Waals surface area contributed by atoms with Crippen molar-refractivity contribution in [3.8, 4) is 5.75 Å². The van der Waals surface area contributed by atoms with E-state index in [9.17, 15) is 34.2 Å². The van der Waals surface area contributed by atoms with Crippen molar-refractivity contribution in [3.63, 3.8) is 0 Å². The summed E-state index contributed by atoms with van der Waals surface area (Å²) < 4.78 is 0. The minimum absolute atomic E-state index is 0.0762. The number of aromatic hydroxyl groups is 1. The Kier molecular flexibility index (Phi) is 12.5. The molecule has 12 nitrogen and oxygen atoms in total. The second kappa shape index (κ2) is 14.8. The molecule has 0 saturated heterocycles. The van der Waals surface area contributed by atoms with Crippen molar-refractivity contribution < 1.29 is 34.2 Å². The maximum Gasteiger partial charge on any atom is 0.326 e. The number of thioether (sulfide) groups is 1. The molecular weight excluding hydrogens is 466 g/mol. The molecule has 13 heteroatoms. The molecule has 0 aliphatic carbocycles. The van der Waals surface area contributed by atoms with Crippen molar-refractivity contribution in [1.29, 1.82) is 0 Å². The fourth-order valence-corrected chi connectivity index (χ4v) is 3.31. The molecule has 0 spiro atoms. The summed E-state index contributed by atoms with van der Waals surface area (Å²) >= 11 is 1.41. The highest BCUT2D eigenvalue weighted by Gasteiger charge is 2.27. The first-order valence-electron chi connectivity index (χ1n) is 10.4. The summed E-state index contributed by atoms with van der Waals surface area (Å²) in [6.07, 6.45) is 1.78. The van der Waals surface area contributed by atoms with Crippen LogP contribution in [-0.2, 0) is 30.4 Å². The molecule has 0 aromatic heterocycles. The number of carboxylic acids is 1. The predicted molar refractivity (Wildman–Crippen MR) is 126 cm³/mol. The van der Waals surface area contributed by atoms with Crippen LogP contribution in [0.15, 0.2) is 24.3 Å². The Morgan fingerprint density at radius 2 is 1.65 bits per heavy atom. The number of rotatable bonds is 15. The van der Waals surface area contributed by atoms with Gasteiger partial charge in [0.1, 0.15) is 17.8 Å². The van der Waals surface area contributed by atoms with Crippen molar-refractivity contribution in [2.45, 2.75) is 43.8 Å². The van der Waals surface area contributed by atoms with E-state index in [2.05, 4.69) is 16.0 Å². The van der Waals surface area contributed by atoms with Crippen molar-refractivity contribution in [3.05, 3.63) is 29.8 Å². The van der Waals surface area contributed by atoms with E-state index in [0.717, 1.165) is 0 Å². The number of hydrogen-bond acceptors (Lipinski definition) is 8. The molecule has 1 aromatic carbocycles. The van der Waals surface area contributed by atoms with Gasteiger partial charge in [0.15, 0.2) is 0 Å². The van der Waals surface area contributed by atoms with Gasteiger partial charge in [-0.3, -0.25) is 19.2 Å². The molecule has 0 heterocycles. The maximum absolute atomic E-state index is 12.6. The Hall–Kier alpha value is -3.32. The Morgan fingerprint density at radius 1 is 1.00 bits per heavy atom. The first-order valence-corrected chi connectivity index (χ1v) is 11.8. The predicted octanol–water partition coefficient (Wildman–Crippen LogP) is -1.55. The lowest BCUT2D eigenvalue weighted by atomic mass is 10.1. The van der Waals surface area contributed by atoms with E-state index in [4.69, 9.17) is 11.5 Å². The van der Waals surface area contributed by atoms with Gasteiger partial charge < -0.3 is 37.6 Å². The lowest BCUT2D eigenvalue weighted by Crippen LogP contribution is -2.54.